The first-order valence-electron chi connectivity index (χ1n) is 9.00. The molecule has 0 saturated carbocycles. The number of hydrogen-bond acceptors (Lipinski definition) is 2. The molecule has 122 valence electrons. The Morgan fingerprint density at radius 3 is 2.75 bits per heavy atom. The number of para-hydroxylation sites is 1. The van der Waals surface area contributed by atoms with Gasteiger partial charge in [0.1, 0.15) is 0 Å². The summed E-state index contributed by atoms with van der Waals surface area (Å²) in [6.45, 7) is 4.25. The molecule has 3 heteroatoms. The van der Waals surface area contributed by atoms with Crippen molar-refractivity contribution >= 4 is 10.9 Å². The normalized spacial score (nSPS) is 20.8. The summed E-state index contributed by atoms with van der Waals surface area (Å²) in [7, 11) is 0. The molecule has 2 aliphatic rings. The maximum Gasteiger partial charge on any atom is 0.0757 e. The van der Waals surface area contributed by atoms with Gasteiger partial charge in [-0.15, -0.1) is 0 Å². The largest absolute Gasteiger partial charge is 0.329 e. The van der Waals surface area contributed by atoms with Crippen molar-refractivity contribution in [3.63, 3.8) is 0 Å². The van der Waals surface area contributed by atoms with E-state index in [2.05, 4.69) is 69.4 Å². The summed E-state index contributed by atoms with van der Waals surface area (Å²) in [6.07, 6.45) is 2.34. The highest BCUT2D eigenvalue weighted by molar-refractivity contribution is 5.86. The summed E-state index contributed by atoms with van der Waals surface area (Å²) in [4.78, 5) is 2.59. The van der Waals surface area contributed by atoms with Crippen molar-refractivity contribution in [2.24, 2.45) is 0 Å². The van der Waals surface area contributed by atoms with E-state index in [1.165, 1.54) is 28.6 Å². The lowest BCUT2D eigenvalue weighted by molar-refractivity contribution is 0.218. The second-order valence-electron chi connectivity index (χ2n) is 7.03. The van der Waals surface area contributed by atoms with E-state index in [4.69, 9.17) is 0 Å². The Balaban J connectivity index is 1.57. The number of hydrogen-bond donors (Lipinski definition) is 1. The van der Waals surface area contributed by atoms with Gasteiger partial charge in [0, 0.05) is 35.7 Å². The molecule has 1 N–H and O–H groups in total. The van der Waals surface area contributed by atoms with Gasteiger partial charge in [-0.2, -0.15) is 0 Å². The van der Waals surface area contributed by atoms with Gasteiger partial charge in [-0.3, -0.25) is 4.90 Å². The average molecular weight is 317 g/mol. The number of rotatable bonds is 2. The van der Waals surface area contributed by atoms with Crippen LogP contribution in [0.3, 0.4) is 0 Å². The number of aromatic nitrogens is 1. The van der Waals surface area contributed by atoms with Crippen LogP contribution in [0.15, 0.2) is 54.6 Å². The van der Waals surface area contributed by atoms with Crippen LogP contribution in [0.1, 0.15) is 29.3 Å². The zero-order chi connectivity index (χ0) is 15.9. The van der Waals surface area contributed by atoms with E-state index < -0.39 is 0 Å². The third-order valence-corrected chi connectivity index (χ3v) is 5.54. The van der Waals surface area contributed by atoms with Crippen molar-refractivity contribution in [1.82, 2.24) is 14.8 Å². The molecular formula is C21H23N3. The maximum absolute atomic E-state index is 3.75. The van der Waals surface area contributed by atoms with Crippen molar-refractivity contribution in [2.45, 2.75) is 32.1 Å². The molecule has 1 atom stereocenters. The fourth-order valence-electron chi connectivity index (χ4n) is 4.47. The fraction of sp³-hybridized carbons (Fsp3) is 0.333. The van der Waals surface area contributed by atoms with Crippen molar-refractivity contribution in [1.29, 1.82) is 0 Å². The van der Waals surface area contributed by atoms with Crippen LogP contribution in [0.2, 0.25) is 0 Å². The lowest BCUT2D eigenvalue weighted by atomic mass is 9.97. The van der Waals surface area contributed by atoms with Gasteiger partial charge in [-0.25, -0.2) is 0 Å². The summed E-state index contributed by atoms with van der Waals surface area (Å²) in [5.41, 5.74) is 5.92. The Morgan fingerprint density at radius 2 is 1.83 bits per heavy atom. The molecule has 2 aliphatic heterocycles. The maximum atomic E-state index is 3.75. The minimum Gasteiger partial charge on any atom is -0.329 e. The topological polar surface area (TPSA) is 20.2 Å². The van der Waals surface area contributed by atoms with Gasteiger partial charge in [-0.1, -0.05) is 48.5 Å². The molecule has 3 nitrogen and oxygen atoms in total. The van der Waals surface area contributed by atoms with Gasteiger partial charge in [-0.05, 0) is 36.6 Å². The first-order chi connectivity index (χ1) is 11.9. The third kappa shape index (κ3) is 2.27. The number of nitrogens with one attached hydrogen (secondary N) is 1. The van der Waals surface area contributed by atoms with Crippen LogP contribution in [0.25, 0.3) is 10.9 Å². The van der Waals surface area contributed by atoms with Crippen LogP contribution >= 0.6 is 0 Å². The van der Waals surface area contributed by atoms with Crippen molar-refractivity contribution in [3.05, 3.63) is 71.4 Å². The zero-order valence-electron chi connectivity index (χ0n) is 13.9. The molecular weight excluding hydrogens is 294 g/mol. The monoisotopic (exact) mass is 317 g/mol. The highest BCUT2D eigenvalue weighted by Crippen LogP contribution is 2.36. The summed E-state index contributed by atoms with van der Waals surface area (Å²) in [5.74, 6) is 0. The van der Waals surface area contributed by atoms with E-state index in [0.29, 0.717) is 6.04 Å². The first-order valence-corrected chi connectivity index (χ1v) is 9.00. The third-order valence-electron chi connectivity index (χ3n) is 5.54. The summed E-state index contributed by atoms with van der Waals surface area (Å²) in [5, 5.41) is 5.21. The van der Waals surface area contributed by atoms with Gasteiger partial charge in [0.05, 0.1) is 6.67 Å². The van der Waals surface area contributed by atoms with Gasteiger partial charge >= 0.3 is 0 Å². The molecule has 1 unspecified atom stereocenters. The van der Waals surface area contributed by atoms with Crippen LogP contribution in [0.5, 0.6) is 0 Å². The average Bonchev–Trinajstić information content (AvgIpc) is 2.83. The predicted octanol–water partition coefficient (Wildman–Crippen LogP) is 3.69. The molecule has 0 spiro atoms. The van der Waals surface area contributed by atoms with Gasteiger partial charge in [0.25, 0.3) is 0 Å². The fourth-order valence-corrected chi connectivity index (χ4v) is 4.47. The van der Waals surface area contributed by atoms with Gasteiger partial charge in [0.15, 0.2) is 0 Å². The molecule has 0 aliphatic carbocycles. The molecule has 0 fully saturated rings. The first kappa shape index (κ1) is 14.3. The quantitative estimate of drug-likeness (QED) is 0.778. The summed E-state index contributed by atoms with van der Waals surface area (Å²) < 4.78 is 2.57. The van der Waals surface area contributed by atoms with E-state index >= 15 is 0 Å². The number of benzene rings is 2. The molecule has 0 saturated heterocycles. The van der Waals surface area contributed by atoms with Crippen LogP contribution in [-0.2, 0) is 19.6 Å². The SMILES string of the molecule is c1ccc(CN2CCC3NCCc4c3n(c3ccccc43)C2)cc1. The number of nitrogens with zero attached hydrogens (tertiary/aromatic N) is 2. The van der Waals surface area contributed by atoms with Crippen LogP contribution in [0, 0.1) is 0 Å². The van der Waals surface area contributed by atoms with E-state index in [-0.39, 0.29) is 0 Å². The van der Waals surface area contributed by atoms with Crippen molar-refractivity contribution in [2.75, 3.05) is 13.1 Å². The molecule has 1 aromatic heterocycles. The Morgan fingerprint density at radius 1 is 1.00 bits per heavy atom. The predicted molar refractivity (Wildman–Crippen MR) is 97.9 cm³/mol. The van der Waals surface area contributed by atoms with Crippen molar-refractivity contribution in [3.8, 4) is 0 Å². The Hall–Kier alpha value is -2.10. The van der Waals surface area contributed by atoms with E-state index in [9.17, 15) is 0 Å². The van der Waals surface area contributed by atoms with Gasteiger partial charge < -0.3 is 9.88 Å². The summed E-state index contributed by atoms with van der Waals surface area (Å²) >= 11 is 0. The molecule has 0 radical (unpaired) electrons. The molecule has 3 aromatic rings. The van der Waals surface area contributed by atoms with Crippen LogP contribution in [0.4, 0.5) is 0 Å². The molecule has 5 rings (SSSR count). The molecule has 24 heavy (non-hydrogen) atoms. The Bertz CT molecular complexity index is 865. The minimum absolute atomic E-state index is 0.502. The lowest BCUT2D eigenvalue weighted by Gasteiger charge is -2.24. The van der Waals surface area contributed by atoms with E-state index in [1.54, 1.807) is 5.56 Å². The molecule has 0 bridgehead atoms. The molecule has 3 heterocycles. The summed E-state index contributed by atoms with van der Waals surface area (Å²) in [6, 6.07) is 20.3. The minimum atomic E-state index is 0.502. The zero-order valence-corrected chi connectivity index (χ0v) is 13.9. The lowest BCUT2D eigenvalue weighted by Crippen LogP contribution is -2.30. The smallest absolute Gasteiger partial charge is 0.0757 e. The van der Waals surface area contributed by atoms with Gasteiger partial charge in [0.2, 0.25) is 0 Å². The number of fused-ring (bicyclic) bond motifs is 3. The molecule has 0 amide bonds. The van der Waals surface area contributed by atoms with E-state index in [1.807, 2.05) is 0 Å². The highest BCUT2D eigenvalue weighted by Gasteiger charge is 2.30. The Kier molecular flexibility index (Phi) is 3.42. The van der Waals surface area contributed by atoms with Crippen LogP contribution in [-0.4, -0.2) is 22.6 Å². The molecule has 2 aromatic carbocycles. The Labute approximate surface area is 142 Å². The van der Waals surface area contributed by atoms with Crippen LogP contribution < -0.4 is 5.32 Å². The standard InChI is InChI=1S/C21H23N3/c1-2-6-16(7-3-1)14-23-13-11-19-21-18(10-12-22-19)17-8-4-5-9-20(17)24(21)15-23/h1-9,19,22H,10-15H2. The highest BCUT2D eigenvalue weighted by atomic mass is 15.3. The second-order valence-corrected chi connectivity index (χ2v) is 7.03. The van der Waals surface area contributed by atoms with E-state index in [0.717, 1.165) is 32.7 Å². The van der Waals surface area contributed by atoms with Crippen molar-refractivity contribution < 1.29 is 0 Å². The second kappa shape index (κ2) is 5.76.